The number of nitrogens with one attached hydrogen (secondary N) is 1. The molecule has 5 nitrogen and oxygen atoms in total. The van der Waals surface area contributed by atoms with E-state index in [4.69, 9.17) is 11.6 Å². The summed E-state index contributed by atoms with van der Waals surface area (Å²) in [6.07, 6.45) is 0.246. The lowest BCUT2D eigenvalue weighted by Gasteiger charge is -2.17. The van der Waals surface area contributed by atoms with E-state index in [2.05, 4.69) is 10.4 Å². The molecule has 22 heavy (non-hydrogen) atoms. The Morgan fingerprint density at radius 1 is 1.36 bits per heavy atom. The van der Waals surface area contributed by atoms with Crippen LogP contribution in [0.4, 0.5) is 0 Å². The number of aliphatic hydroxyl groups is 1. The van der Waals surface area contributed by atoms with Gasteiger partial charge in [-0.2, -0.15) is 5.10 Å². The predicted molar refractivity (Wildman–Crippen MR) is 85.8 cm³/mol. The zero-order chi connectivity index (χ0) is 16.3. The molecule has 0 aliphatic rings. The van der Waals surface area contributed by atoms with Crippen LogP contribution in [0, 0.1) is 13.8 Å². The Bertz CT molecular complexity index is 665. The largest absolute Gasteiger partial charge is 0.394 e. The number of benzene rings is 1. The number of hydrogen-bond donors (Lipinski definition) is 2. The molecule has 0 aliphatic carbocycles. The van der Waals surface area contributed by atoms with Crippen LogP contribution in [0.15, 0.2) is 24.3 Å². The highest BCUT2D eigenvalue weighted by molar-refractivity contribution is 6.30. The summed E-state index contributed by atoms with van der Waals surface area (Å²) >= 11 is 5.85. The molecule has 1 aromatic carbocycles. The number of aryl methyl sites for hydroxylation is 2. The van der Waals surface area contributed by atoms with Gasteiger partial charge < -0.3 is 10.4 Å². The van der Waals surface area contributed by atoms with E-state index in [1.165, 1.54) is 0 Å². The molecule has 0 aliphatic heterocycles. The molecule has 0 saturated carbocycles. The van der Waals surface area contributed by atoms with E-state index in [-0.39, 0.29) is 18.9 Å². The minimum Gasteiger partial charge on any atom is -0.394 e. The van der Waals surface area contributed by atoms with Gasteiger partial charge in [-0.3, -0.25) is 9.48 Å². The van der Waals surface area contributed by atoms with Gasteiger partial charge in [0.15, 0.2) is 0 Å². The Morgan fingerprint density at radius 2 is 2.00 bits per heavy atom. The average molecular weight is 322 g/mol. The van der Waals surface area contributed by atoms with Crippen molar-refractivity contribution < 1.29 is 9.90 Å². The molecule has 1 heterocycles. The van der Waals surface area contributed by atoms with Gasteiger partial charge in [0.05, 0.1) is 24.8 Å². The summed E-state index contributed by atoms with van der Waals surface area (Å²) < 4.78 is 1.76. The summed E-state index contributed by atoms with van der Waals surface area (Å²) in [5, 5.41) is 17.3. The number of aliphatic hydroxyl groups excluding tert-OH is 1. The molecule has 1 atom stereocenters. The highest BCUT2D eigenvalue weighted by Gasteiger charge is 2.17. The van der Waals surface area contributed by atoms with Gasteiger partial charge in [0.1, 0.15) is 0 Å². The van der Waals surface area contributed by atoms with Crippen molar-refractivity contribution in [1.29, 1.82) is 0 Å². The predicted octanol–water partition coefficient (Wildman–Crippen LogP) is 2.08. The van der Waals surface area contributed by atoms with E-state index >= 15 is 0 Å². The molecule has 0 saturated heterocycles. The number of hydrogen-bond acceptors (Lipinski definition) is 3. The number of rotatable bonds is 5. The van der Waals surface area contributed by atoms with Crippen LogP contribution in [0.3, 0.4) is 0 Å². The molecule has 0 spiro atoms. The summed E-state index contributed by atoms with van der Waals surface area (Å²) in [6, 6.07) is 6.62. The lowest BCUT2D eigenvalue weighted by atomic mass is 10.1. The van der Waals surface area contributed by atoms with Crippen molar-refractivity contribution in [2.75, 3.05) is 6.61 Å². The minimum absolute atomic E-state index is 0.145. The lowest BCUT2D eigenvalue weighted by Crippen LogP contribution is -2.32. The zero-order valence-electron chi connectivity index (χ0n) is 12.9. The second-order valence-corrected chi connectivity index (χ2v) is 5.74. The van der Waals surface area contributed by atoms with E-state index in [9.17, 15) is 9.90 Å². The molecule has 1 unspecified atom stereocenters. The SMILES string of the molecule is Cc1nn(C)c(C)c1CC(=O)NC(CO)c1ccc(Cl)cc1. The molecule has 1 aromatic heterocycles. The van der Waals surface area contributed by atoms with Crippen molar-refractivity contribution in [2.45, 2.75) is 26.3 Å². The van der Waals surface area contributed by atoms with Crippen LogP contribution in [-0.2, 0) is 18.3 Å². The van der Waals surface area contributed by atoms with E-state index < -0.39 is 6.04 Å². The molecule has 0 fully saturated rings. The van der Waals surface area contributed by atoms with Gasteiger partial charge >= 0.3 is 0 Å². The van der Waals surface area contributed by atoms with Gasteiger partial charge in [0.25, 0.3) is 0 Å². The van der Waals surface area contributed by atoms with Gasteiger partial charge in [-0.25, -0.2) is 0 Å². The van der Waals surface area contributed by atoms with Crippen LogP contribution in [0.2, 0.25) is 5.02 Å². The standard InChI is InChI=1S/C16H20ClN3O2/c1-10-14(11(2)20(3)19-10)8-16(22)18-15(9-21)12-4-6-13(17)7-5-12/h4-7,15,21H,8-9H2,1-3H3,(H,18,22). The average Bonchev–Trinajstić information content (AvgIpc) is 2.72. The molecular weight excluding hydrogens is 302 g/mol. The van der Waals surface area contributed by atoms with E-state index in [1.54, 1.807) is 28.9 Å². The Hall–Kier alpha value is -1.85. The second kappa shape index (κ2) is 6.94. The fraction of sp³-hybridized carbons (Fsp3) is 0.375. The summed E-state index contributed by atoms with van der Waals surface area (Å²) in [5.74, 6) is -0.145. The fourth-order valence-corrected chi connectivity index (χ4v) is 2.53. The molecule has 2 rings (SSSR count). The lowest BCUT2D eigenvalue weighted by molar-refractivity contribution is -0.121. The zero-order valence-corrected chi connectivity index (χ0v) is 13.7. The first-order valence-corrected chi connectivity index (χ1v) is 7.45. The normalized spacial score (nSPS) is 12.2. The third-order valence-electron chi connectivity index (χ3n) is 3.79. The van der Waals surface area contributed by atoms with Crippen LogP contribution in [0.25, 0.3) is 0 Å². The first-order chi connectivity index (χ1) is 10.4. The maximum absolute atomic E-state index is 12.3. The Balaban J connectivity index is 2.08. The Labute approximate surface area is 134 Å². The Morgan fingerprint density at radius 3 is 2.50 bits per heavy atom. The van der Waals surface area contributed by atoms with Crippen molar-refractivity contribution in [1.82, 2.24) is 15.1 Å². The quantitative estimate of drug-likeness (QED) is 0.886. The monoisotopic (exact) mass is 321 g/mol. The van der Waals surface area contributed by atoms with E-state index in [1.807, 2.05) is 20.9 Å². The number of carbonyl (C=O) groups is 1. The van der Waals surface area contributed by atoms with Crippen molar-refractivity contribution in [3.8, 4) is 0 Å². The number of amides is 1. The molecule has 0 radical (unpaired) electrons. The van der Waals surface area contributed by atoms with Crippen LogP contribution in [0.5, 0.6) is 0 Å². The maximum Gasteiger partial charge on any atom is 0.225 e. The number of aromatic nitrogens is 2. The maximum atomic E-state index is 12.3. The van der Waals surface area contributed by atoms with Crippen LogP contribution >= 0.6 is 11.6 Å². The van der Waals surface area contributed by atoms with Crippen molar-refractivity contribution in [3.63, 3.8) is 0 Å². The number of halogens is 1. The molecule has 118 valence electrons. The number of carbonyl (C=O) groups excluding carboxylic acids is 1. The van der Waals surface area contributed by atoms with Gasteiger partial charge in [0.2, 0.25) is 5.91 Å². The summed E-state index contributed by atoms with van der Waals surface area (Å²) in [5.41, 5.74) is 3.56. The fourth-order valence-electron chi connectivity index (χ4n) is 2.41. The van der Waals surface area contributed by atoms with E-state index in [0.29, 0.717) is 5.02 Å². The molecule has 6 heteroatoms. The third-order valence-corrected chi connectivity index (χ3v) is 4.04. The third kappa shape index (κ3) is 3.67. The first kappa shape index (κ1) is 16.5. The smallest absolute Gasteiger partial charge is 0.225 e. The van der Waals surface area contributed by atoms with Crippen molar-refractivity contribution in [2.24, 2.45) is 7.05 Å². The topological polar surface area (TPSA) is 67.2 Å². The molecular formula is C16H20ClN3O2. The minimum atomic E-state index is -0.443. The summed E-state index contributed by atoms with van der Waals surface area (Å²) in [6.45, 7) is 3.65. The van der Waals surface area contributed by atoms with E-state index in [0.717, 1.165) is 22.5 Å². The summed E-state index contributed by atoms with van der Waals surface area (Å²) in [7, 11) is 1.86. The molecule has 1 amide bonds. The van der Waals surface area contributed by atoms with Crippen LogP contribution < -0.4 is 5.32 Å². The molecule has 0 bridgehead atoms. The van der Waals surface area contributed by atoms with Gasteiger partial charge in [-0.1, -0.05) is 23.7 Å². The van der Waals surface area contributed by atoms with Crippen LogP contribution in [0.1, 0.15) is 28.6 Å². The molecule has 2 aromatic rings. The van der Waals surface area contributed by atoms with Crippen molar-refractivity contribution >= 4 is 17.5 Å². The highest BCUT2D eigenvalue weighted by Crippen LogP contribution is 2.17. The number of nitrogens with zero attached hydrogens (tertiary/aromatic N) is 2. The Kier molecular flexibility index (Phi) is 5.21. The second-order valence-electron chi connectivity index (χ2n) is 5.30. The van der Waals surface area contributed by atoms with Gasteiger partial charge in [0, 0.05) is 23.3 Å². The summed E-state index contributed by atoms with van der Waals surface area (Å²) in [4.78, 5) is 12.3. The van der Waals surface area contributed by atoms with Gasteiger partial charge in [-0.15, -0.1) is 0 Å². The highest BCUT2D eigenvalue weighted by atomic mass is 35.5. The van der Waals surface area contributed by atoms with Crippen LogP contribution in [-0.4, -0.2) is 27.4 Å². The van der Waals surface area contributed by atoms with Gasteiger partial charge in [-0.05, 0) is 31.5 Å². The first-order valence-electron chi connectivity index (χ1n) is 7.07. The van der Waals surface area contributed by atoms with Crippen molar-refractivity contribution in [3.05, 3.63) is 51.8 Å². The molecule has 2 N–H and O–H groups in total.